The number of fused-ring (bicyclic) bond motifs is 4. The second-order valence-corrected chi connectivity index (χ2v) is 8.51. The Bertz CT molecular complexity index is 712. The van der Waals surface area contributed by atoms with Crippen LogP contribution in [0.2, 0.25) is 0 Å². The van der Waals surface area contributed by atoms with E-state index in [0.717, 1.165) is 44.9 Å². The van der Waals surface area contributed by atoms with Crippen LogP contribution in [0.4, 0.5) is 0 Å². The smallest absolute Gasteiger partial charge is 0.137 e. The van der Waals surface area contributed by atoms with Crippen molar-refractivity contribution in [3.8, 4) is 24.2 Å². The number of carbonyl (C=O) groups is 1. The molecule has 0 radical (unpaired) electrons. The molecule has 2 saturated carbocycles. The van der Waals surface area contributed by atoms with Crippen molar-refractivity contribution in [2.24, 2.45) is 23.2 Å². The maximum absolute atomic E-state index is 11.8. The highest BCUT2D eigenvalue weighted by atomic mass is 16.3. The number of Topliss-reactive ketones (excluding diaryl/α,β-unsaturated/α-hetero) is 1. The second-order valence-electron chi connectivity index (χ2n) is 8.51. The molecule has 0 amide bonds. The first-order chi connectivity index (χ1) is 11.5. The van der Waals surface area contributed by atoms with Crippen LogP contribution in [0.25, 0.3) is 0 Å². The van der Waals surface area contributed by atoms with Crippen LogP contribution < -0.4 is 0 Å². The van der Waals surface area contributed by atoms with E-state index in [1.165, 1.54) is 12.0 Å². The van der Waals surface area contributed by atoms with Crippen molar-refractivity contribution in [2.45, 2.75) is 70.3 Å². The molecule has 0 aromatic rings. The molecule has 4 aliphatic carbocycles. The minimum atomic E-state index is -0.924. The average molecular weight is 322 g/mol. The van der Waals surface area contributed by atoms with Crippen LogP contribution >= 0.6 is 0 Å². The third kappa shape index (κ3) is 2.13. The topological polar surface area (TPSA) is 37.3 Å². The summed E-state index contributed by atoms with van der Waals surface area (Å²) in [5.41, 5.74) is 2.00. The van der Waals surface area contributed by atoms with Crippen LogP contribution in [0.15, 0.2) is 11.1 Å². The van der Waals surface area contributed by atoms with E-state index in [-0.39, 0.29) is 5.41 Å². The molecule has 2 heteroatoms. The van der Waals surface area contributed by atoms with Crippen molar-refractivity contribution in [1.29, 1.82) is 0 Å². The standard InChI is InChI=1S/C22H26O2/c1-3-4-11-22(24)13-10-20-19-7-5-15-14-16(23)6-8-17(15)18(19)9-12-21(20,22)2/h1,18-20,24H,5-10,12-14H2,2H3/t18?,19?,20?,21?,22-/m0/s1. The van der Waals surface area contributed by atoms with Crippen LogP contribution in [0.5, 0.6) is 0 Å². The van der Waals surface area contributed by atoms with E-state index < -0.39 is 5.60 Å². The van der Waals surface area contributed by atoms with Crippen molar-refractivity contribution in [3.05, 3.63) is 11.1 Å². The predicted molar refractivity (Wildman–Crippen MR) is 93.7 cm³/mol. The van der Waals surface area contributed by atoms with Gasteiger partial charge in [0.1, 0.15) is 11.4 Å². The summed E-state index contributed by atoms with van der Waals surface area (Å²) in [6.45, 7) is 2.24. The van der Waals surface area contributed by atoms with Gasteiger partial charge in [0.25, 0.3) is 0 Å². The Labute approximate surface area is 145 Å². The van der Waals surface area contributed by atoms with Crippen LogP contribution in [0.1, 0.15) is 64.7 Å². The average Bonchev–Trinajstić information content (AvgIpc) is 2.84. The molecule has 2 fully saturated rings. The zero-order chi connectivity index (χ0) is 16.9. The third-order valence-electron chi connectivity index (χ3n) is 7.70. The number of hydrogen-bond acceptors (Lipinski definition) is 2. The Morgan fingerprint density at radius 1 is 1.17 bits per heavy atom. The van der Waals surface area contributed by atoms with Crippen molar-refractivity contribution < 1.29 is 9.90 Å². The largest absolute Gasteiger partial charge is 0.377 e. The number of aliphatic hydroxyl groups is 1. The minimum absolute atomic E-state index is 0.138. The second kappa shape index (κ2) is 5.50. The van der Waals surface area contributed by atoms with E-state index in [2.05, 4.69) is 24.7 Å². The SMILES string of the molecule is C#CC#C[C@]1(O)CCC2C3CCC4=C(CCC(=O)C4)C3CCC21C. The summed E-state index contributed by atoms with van der Waals surface area (Å²) >= 11 is 0. The first-order valence-electron chi connectivity index (χ1n) is 9.41. The molecule has 0 spiro atoms. The molecule has 1 N–H and O–H groups in total. The number of ketones is 1. The summed E-state index contributed by atoms with van der Waals surface area (Å²) in [6, 6.07) is 0. The third-order valence-corrected chi connectivity index (χ3v) is 7.70. The number of carbonyl (C=O) groups excluding carboxylic acids is 1. The van der Waals surface area contributed by atoms with E-state index >= 15 is 0 Å². The first kappa shape index (κ1) is 16.0. The quantitative estimate of drug-likeness (QED) is 0.546. The van der Waals surface area contributed by atoms with Crippen LogP contribution in [0.3, 0.4) is 0 Å². The Morgan fingerprint density at radius 2 is 2.00 bits per heavy atom. The monoisotopic (exact) mass is 322 g/mol. The molecule has 24 heavy (non-hydrogen) atoms. The molecule has 0 aromatic heterocycles. The van der Waals surface area contributed by atoms with E-state index in [9.17, 15) is 9.90 Å². The Hall–Kier alpha value is -1.51. The maximum Gasteiger partial charge on any atom is 0.137 e. The van der Waals surface area contributed by atoms with E-state index in [4.69, 9.17) is 6.42 Å². The summed E-state index contributed by atoms with van der Waals surface area (Å²) in [4.78, 5) is 11.8. The predicted octanol–water partition coefficient (Wildman–Crippen LogP) is 3.64. The summed E-state index contributed by atoms with van der Waals surface area (Å²) in [5, 5.41) is 11.2. The number of rotatable bonds is 0. The van der Waals surface area contributed by atoms with Crippen molar-refractivity contribution in [3.63, 3.8) is 0 Å². The van der Waals surface area contributed by atoms with Gasteiger partial charge in [-0.3, -0.25) is 4.79 Å². The Morgan fingerprint density at radius 3 is 2.79 bits per heavy atom. The molecule has 0 bridgehead atoms. The fourth-order valence-corrected chi connectivity index (χ4v) is 6.41. The van der Waals surface area contributed by atoms with Gasteiger partial charge in [-0.2, -0.15) is 0 Å². The molecule has 5 atom stereocenters. The number of terminal acetylenes is 1. The van der Waals surface area contributed by atoms with Gasteiger partial charge in [0.05, 0.1) is 0 Å². The highest BCUT2D eigenvalue weighted by Crippen LogP contribution is 2.64. The normalized spacial score (nSPS) is 43.9. The summed E-state index contributed by atoms with van der Waals surface area (Å²) < 4.78 is 0. The van der Waals surface area contributed by atoms with Gasteiger partial charge in [-0.25, -0.2) is 0 Å². The van der Waals surface area contributed by atoms with Crippen molar-refractivity contribution >= 4 is 5.78 Å². The fraction of sp³-hybridized carbons (Fsp3) is 0.682. The lowest BCUT2D eigenvalue weighted by Gasteiger charge is -2.53. The van der Waals surface area contributed by atoms with Gasteiger partial charge in [-0.1, -0.05) is 24.0 Å². The van der Waals surface area contributed by atoms with Gasteiger partial charge < -0.3 is 5.11 Å². The molecule has 0 aliphatic heterocycles. The molecular formula is C22H26O2. The van der Waals surface area contributed by atoms with Gasteiger partial charge in [0.15, 0.2) is 0 Å². The first-order valence-corrected chi connectivity index (χ1v) is 9.41. The minimum Gasteiger partial charge on any atom is -0.377 e. The molecular weight excluding hydrogens is 296 g/mol. The Kier molecular flexibility index (Phi) is 3.67. The summed E-state index contributed by atoms with van der Waals surface area (Å²) in [7, 11) is 0. The van der Waals surface area contributed by atoms with Crippen molar-refractivity contribution in [1.82, 2.24) is 0 Å². The lowest BCUT2D eigenvalue weighted by Crippen LogP contribution is -2.51. The molecule has 2 nitrogen and oxygen atoms in total. The van der Waals surface area contributed by atoms with E-state index in [1.807, 2.05) is 0 Å². The van der Waals surface area contributed by atoms with Crippen LogP contribution in [0, 0.1) is 47.4 Å². The highest BCUT2D eigenvalue weighted by Gasteiger charge is 2.61. The zero-order valence-corrected chi connectivity index (χ0v) is 14.5. The van der Waals surface area contributed by atoms with Crippen molar-refractivity contribution in [2.75, 3.05) is 0 Å². The molecule has 0 aromatic carbocycles. The zero-order valence-electron chi connectivity index (χ0n) is 14.5. The lowest BCUT2D eigenvalue weighted by atomic mass is 9.52. The van der Waals surface area contributed by atoms with E-state index in [0.29, 0.717) is 30.0 Å². The fourth-order valence-electron chi connectivity index (χ4n) is 6.41. The molecule has 4 aliphatic rings. The maximum atomic E-state index is 11.8. The van der Waals surface area contributed by atoms with E-state index in [1.54, 1.807) is 5.57 Å². The lowest BCUT2D eigenvalue weighted by molar-refractivity contribution is -0.119. The highest BCUT2D eigenvalue weighted by molar-refractivity contribution is 5.82. The van der Waals surface area contributed by atoms with Gasteiger partial charge >= 0.3 is 0 Å². The number of hydrogen-bond donors (Lipinski definition) is 1. The van der Waals surface area contributed by atoms with Gasteiger partial charge in [-0.15, -0.1) is 6.42 Å². The molecule has 4 rings (SSSR count). The number of allylic oxidation sites excluding steroid dienone is 2. The molecule has 4 unspecified atom stereocenters. The molecule has 0 heterocycles. The van der Waals surface area contributed by atoms with Crippen LogP contribution in [-0.2, 0) is 4.79 Å². The van der Waals surface area contributed by atoms with Gasteiger partial charge in [0, 0.05) is 18.3 Å². The summed E-state index contributed by atoms with van der Waals surface area (Å²) in [5.74, 6) is 10.3. The molecule has 0 saturated heterocycles. The van der Waals surface area contributed by atoms with Crippen LogP contribution in [-0.4, -0.2) is 16.5 Å². The summed E-state index contributed by atoms with van der Waals surface area (Å²) in [6.07, 6.45) is 13.9. The Balaban J connectivity index is 1.65. The molecule has 126 valence electrons. The van der Waals surface area contributed by atoms with Gasteiger partial charge in [-0.05, 0) is 74.5 Å². The van der Waals surface area contributed by atoms with Gasteiger partial charge in [0.2, 0.25) is 0 Å².